The second kappa shape index (κ2) is 6.00. The second-order valence-electron chi connectivity index (χ2n) is 4.47. The zero-order chi connectivity index (χ0) is 14.7. The first-order chi connectivity index (χ1) is 9.52. The summed E-state index contributed by atoms with van der Waals surface area (Å²) in [5, 5.41) is 14.4. The number of hydrogen-bond acceptors (Lipinski definition) is 5. The summed E-state index contributed by atoms with van der Waals surface area (Å²) >= 11 is 6.12. The second-order valence-corrected chi connectivity index (χ2v) is 5.00. The third-order valence-electron chi connectivity index (χ3n) is 2.92. The number of alkyl halides is 1. The van der Waals surface area contributed by atoms with Gasteiger partial charge in [0.1, 0.15) is 0 Å². The van der Waals surface area contributed by atoms with Gasteiger partial charge in [0.05, 0.1) is 10.3 Å². The Morgan fingerprint density at radius 1 is 1.50 bits per heavy atom. The molecule has 0 aliphatic carbocycles. The van der Waals surface area contributed by atoms with Crippen molar-refractivity contribution in [1.29, 1.82) is 0 Å². The number of nitro groups is 1. The fourth-order valence-corrected chi connectivity index (χ4v) is 2.11. The lowest BCUT2D eigenvalue weighted by Gasteiger charge is -2.00. The molecule has 0 bridgehead atoms. The van der Waals surface area contributed by atoms with Gasteiger partial charge in [0.25, 0.3) is 11.6 Å². The summed E-state index contributed by atoms with van der Waals surface area (Å²) in [7, 11) is 0. The molecule has 6 nitrogen and oxygen atoms in total. The van der Waals surface area contributed by atoms with Gasteiger partial charge in [-0.2, -0.15) is 4.98 Å². The van der Waals surface area contributed by atoms with E-state index in [2.05, 4.69) is 10.1 Å². The number of rotatable bonds is 5. The van der Waals surface area contributed by atoms with Crippen LogP contribution in [-0.4, -0.2) is 15.1 Å². The molecule has 1 aromatic heterocycles. The lowest BCUT2D eigenvalue weighted by molar-refractivity contribution is -0.385. The first-order valence-corrected chi connectivity index (χ1v) is 6.69. The van der Waals surface area contributed by atoms with Crippen LogP contribution in [0.1, 0.15) is 36.5 Å². The lowest BCUT2D eigenvalue weighted by Crippen LogP contribution is -1.93. The average Bonchev–Trinajstić information content (AvgIpc) is 2.89. The number of nitrogens with zero attached hydrogens (tertiary/aromatic N) is 3. The van der Waals surface area contributed by atoms with Crippen LogP contribution in [0.15, 0.2) is 22.7 Å². The molecule has 0 aliphatic rings. The molecule has 0 fully saturated rings. The third-order valence-corrected chi connectivity index (χ3v) is 3.33. The first-order valence-electron chi connectivity index (χ1n) is 6.26. The number of aryl methyl sites for hydroxylation is 1. The summed E-state index contributed by atoms with van der Waals surface area (Å²) in [6.45, 7) is 3.69. The van der Waals surface area contributed by atoms with E-state index in [9.17, 15) is 10.1 Å². The predicted molar refractivity (Wildman–Crippen MR) is 74.6 cm³/mol. The topological polar surface area (TPSA) is 82.1 Å². The molecule has 20 heavy (non-hydrogen) atoms. The Bertz CT molecular complexity index is 627. The average molecular weight is 296 g/mol. The molecular weight excluding hydrogens is 282 g/mol. The van der Waals surface area contributed by atoms with Gasteiger partial charge in [-0.05, 0) is 19.4 Å². The fraction of sp³-hybridized carbons (Fsp3) is 0.385. The minimum absolute atomic E-state index is 0.0261. The van der Waals surface area contributed by atoms with Gasteiger partial charge in [-0.3, -0.25) is 10.1 Å². The van der Waals surface area contributed by atoms with E-state index in [0.29, 0.717) is 17.0 Å². The molecule has 106 valence electrons. The van der Waals surface area contributed by atoms with Gasteiger partial charge >= 0.3 is 0 Å². The first kappa shape index (κ1) is 14.5. The number of benzene rings is 1. The van der Waals surface area contributed by atoms with Gasteiger partial charge in [-0.15, -0.1) is 11.6 Å². The molecule has 0 aliphatic heterocycles. The molecule has 1 atom stereocenters. The minimum Gasteiger partial charge on any atom is -0.334 e. The highest BCUT2D eigenvalue weighted by molar-refractivity contribution is 6.20. The Morgan fingerprint density at radius 2 is 2.25 bits per heavy atom. The van der Waals surface area contributed by atoms with Gasteiger partial charge in [0, 0.05) is 17.2 Å². The van der Waals surface area contributed by atoms with Gasteiger partial charge in [-0.1, -0.05) is 24.6 Å². The number of nitro benzene ring substituents is 1. The maximum atomic E-state index is 10.9. The van der Waals surface area contributed by atoms with Crippen LogP contribution in [0, 0.1) is 17.0 Å². The van der Waals surface area contributed by atoms with Crippen LogP contribution in [0.2, 0.25) is 0 Å². The van der Waals surface area contributed by atoms with E-state index in [4.69, 9.17) is 16.1 Å². The van der Waals surface area contributed by atoms with Crippen molar-refractivity contribution in [1.82, 2.24) is 10.1 Å². The Labute approximate surface area is 120 Å². The van der Waals surface area contributed by atoms with Crippen LogP contribution in [0.4, 0.5) is 5.69 Å². The van der Waals surface area contributed by atoms with Crippen LogP contribution in [-0.2, 0) is 0 Å². The zero-order valence-corrected chi connectivity index (χ0v) is 11.9. The van der Waals surface area contributed by atoms with E-state index in [1.807, 2.05) is 6.92 Å². The molecule has 0 radical (unpaired) electrons. The van der Waals surface area contributed by atoms with Gasteiger partial charge in [0.15, 0.2) is 5.82 Å². The zero-order valence-electron chi connectivity index (χ0n) is 11.2. The molecule has 7 heteroatoms. The number of hydrogen-bond donors (Lipinski definition) is 0. The molecule has 0 amide bonds. The summed E-state index contributed by atoms with van der Waals surface area (Å²) in [5.74, 6) is 0.650. The summed E-state index contributed by atoms with van der Waals surface area (Å²) in [6, 6.07) is 4.79. The van der Waals surface area contributed by atoms with Crippen molar-refractivity contribution >= 4 is 17.3 Å². The van der Waals surface area contributed by atoms with Crippen LogP contribution in [0.25, 0.3) is 11.5 Å². The molecule has 0 spiro atoms. The highest BCUT2D eigenvalue weighted by atomic mass is 35.5. The van der Waals surface area contributed by atoms with Crippen LogP contribution < -0.4 is 0 Å². The summed E-state index contributed by atoms with van der Waals surface area (Å²) in [6.07, 6.45) is 1.66. The van der Waals surface area contributed by atoms with Crippen molar-refractivity contribution in [3.05, 3.63) is 39.7 Å². The normalized spacial score (nSPS) is 12.3. The van der Waals surface area contributed by atoms with Crippen molar-refractivity contribution in [3.63, 3.8) is 0 Å². The smallest absolute Gasteiger partial charge is 0.273 e. The van der Waals surface area contributed by atoms with E-state index in [-0.39, 0.29) is 17.0 Å². The Hall–Kier alpha value is -1.95. The van der Waals surface area contributed by atoms with E-state index in [1.165, 1.54) is 6.07 Å². The van der Waals surface area contributed by atoms with Crippen LogP contribution in [0.5, 0.6) is 0 Å². The van der Waals surface area contributed by atoms with E-state index < -0.39 is 4.92 Å². The van der Waals surface area contributed by atoms with E-state index >= 15 is 0 Å². The predicted octanol–water partition coefficient (Wildman–Crippen LogP) is 4.03. The van der Waals surface area contributed by atoms with Gasteiger partial charge < -0.3 is 4.52 Å². The summed E-state index contributed by atoms with van der Waals surface area (Å²) in [4.78, 5) is 14.7. The highest BCUT2D eigenvalue weighted by Gasteiger charge is 2.18. The largest absolute Gasteiger partial charge is 0.334 e. The highest BCUT2D eigenvalue weighted by Crippen LogP contribution is 2.28. The Kier molecular flexibility index (Phi) is 4.34. The van der Waals surface area contributed by atoms with Gasteiger partial charge in [-0.25, -0.2) is 0 Å². The molecule has 0 N–H and O–H groups in total. The van der Waals surface area contributed by atoms with E-state index in [1.54, 1.807) is 19.1 Å². The molecule has 1 heterocycles. The molecule has 0 saturated carbocycles. The van der Waals surface area contributed by atoms with Crippen molar-refractivity contribution in [2.75, 3.05) is 0 Å². The fourth-order valence-electron chi connectivity index (χ4n) is 1.80. The van der Waals surface area contributed by atoms with Crippen molar-refractivity contribution < 1.29 is 9.45 Å². The third kappa shape index (κ3) is 2.96. The maximum absolute atomic E-state index is 10.9. The molecule has 1 unspecified atom stereocenters. The Morgan fingerprint density at radius 3 is 2.90 bits per heavy atom. The standard InChI is InChI=1S/C13H14ClN3O3/c1-3-4-10(14)12-15-13(20-16-12)9-6-5-8(2)11(7-9)17(18)19/h5-7,10H,3-4H2,1-2H3. The summed E-state index contributed by atoms with van der Waals surface area (Å²) in [5.41, 5.74) is 1.12. The lowest BCUT2D eigenvalue weighted by atomic mass is 10.1. The number of aromatic nitrogens is 2. The minimum atomic E-state index is -0.433. The van der Waals surface area contributed by atoms with Crippen molar-refractivity contribution in [3.8, 4) is 11.5 Å². The number of halogens is 1. The quantitative estimate of drug-likeness (QED) is 0.472. The SMILES string of the molecule is CCCC(Cl)c1noc(-c2ccc(C)c([N+](=O)[O-])c2)n1. The monoisotopic (exact) mass is 295 g/mol. The van der Waals surface area contributed by atoms with Crippen LogP contribution in [0.3, 0.4) is 0 Å². The Balaban J connectivity index is 2.33. The molecule has 1 aromatic carbocycles. The van der Waals surface area contributed by atoms with Crippen LogP contribution >= 0.6 is 11.6 Å². The van der Waals surface area contributed by atoms with Crippen molar-refractivity contribution in [2.45, 2.75) is 32.1 Å². The maximum Gasteiger partial charge on any atom is 0.273 e. The molecular formula is C13H14ClN3O3. The van der Waals surface area contributed by atoms with Crippen molar-refractivity contribution in [2.24, 2.45) is 0 Å². The molecule has 2 rings (SSSR count). The van der Waals surface area contributed by atoms with E-state index in [0.717, 1.165) is 12.8 Å². The van der Waals surface area contributed by atoms with Gasteiger partial charge in [0.2, 0.25) is 0 Å². The molecule has 0 saturated heterocycles. The molecule has 2 aromatic rings. The summed E-state index contributed by atoms with van der Waals surface area (Å²) < 4.78 is 5.12.